The number of hydrogen-bond donors (Lipinski definition) is 2. The summed E-state index contributed by atoms with van der Waals surface area (Å²) in [4.78, 5) is 0. The van der Waals surface area contributed by atoms with E-state index in [4.69, 9.17) is 10.8 Å². The SMILES string of the molecule is NC1(CO)CC2(CCCCC2)C1. The van der Waals surface area contributed by atoms with Gasteiger partial charge in [0, 0.05) is 5.54 Å². The average molecular weight is 169 g/mol. The van der Waals surface area contributed by atoms with Gasteiger partial charge in [-0.3, -0.25) is 0 Å². The van der Waals surface area contributed by atoms with Crippen LogP contribution in [-0.4, -0.2) is 17.3 Å². The molecule has 0 aliphatic heterocycles. The summed E-state index contributed by atoms with van der Waals surface area (Å²) in [6.45, 7) is 0.175. The Kier molecular flexibility index (Phi) is 1.92. The largest absolute Gasteiger partial charge is 0.394 e. The molecule has 3 N–H and O–H groups in total. The molecule has 12 heavy (non-hydrogen) atoms. The van der Waals surface area contributed by atoms with Crippen molar-refractivity contribution in [2.24, 2.45) is 11.1 Å². The molecule has 0 bridgehead atoms. The van der Waals surface area contributed by atoms with Crippen molar-refractivity contribution in [3.63, 3.8) is 0 Å². The Balaban J connectivity index is 1.92. The number of hydrogen-bond acceptors (Lipinski definition) is 2. The Morgan fingerprint density at radius 1 is 1.08 bits per heavy atom. The molecular weight excluding hydrogens is 150 g/mol. The van der Waals surface area contributed by atoms with Gasteiger partial charge in [0.2, 0.25) is 0 Å². The summed E-state index contributed by atoms with van der Waals surface area (Å²) in [5.74, 6) is 0. The van der Waals surface area contributed by atoms with Crippen LogP contribution in [0.4, 0.5) is 0 Å². The molecule has 0 heterocycles. The molecule has 0 radical (unpaired) electrons. The van der Waals surface area contributed by atoms with Gasteiger partial charge < -0.3 is 10.8 Å². The van der Waals surface area contributed by atoms with Gasteiger partial charge in [0.05, 0.1) is 6.61 Å². The monoisotopic (exact) mass is 169 g/mol. The van der Waals surface area contributed by atoms with Gasteiger partial charge >= 0.3 is 0 Å². The second kappa shape index (κ2) is 2.71. The normalized spacial score (nSPS) is 31.5. The molecule has 2 saturated carbocycles. The van der Waals surface area contributed by atoms with Crippen LogP contribution in [0.2, 0.25) is 0 Å². The molecule has 2 rings (SSSR count). The summed E-state index contributed by atoms with van der Waals surface area (Å²) in [5.41, 5.74) is 6.30. The molecule has 2 aliphatic carbocycles. The number of aliphatic hydroxyl groups excluding tert-OH is 1. The van der Waals surface area contributed by atoms with E-state index in [0.29, 0.717) is 5.41 Å². The topological polar surface area (TPSA) is 46.2 Å². The van der Waals surface area contributed by atoms with E-state index in [0.717, 1.165) is 12.8 Å². The molecule has 2 heteroatoms. The van der Waals surface area contributed by atoms with Crippen molar-refractivity contribution in [2.75, 3.05) is 6.61 Å². The van der Waals surface area contributed by atoms with Gasteiger partial charge in [0.15, 0.2) is 0 Å². The maximum atomic E-state index is 9.03. The fourth-order valence-corrected chi connectivity index (χ4v) is 3.21. The van der Waals surface area contributed by atoms with Crippen LogP contribution in [-0.2, 0) is 0 Å². The van der Waals surface area contributed by atoms with Gasteiger partial charge in [-0.15, -0.1) is 0 Å². The van der Waals surface area contributed by atoms with Crippen molar-refractivity contribution < 1.29 is 5.11 Å². The van der Waals surface area contributed by atoms with Crippen LogP contribution < -0.4 is 5.73 Å². The molecule has 0 amide bonds. The lowest BCUT2D eigenvalue weighted by molar-refractivity contribution is -0.0352. The molecule has 0 aromatic carbocycles. The first-order valence-corrected chi connectivity index (χ1v) is 5.08. The molecule has 2 aliphatic rings. The van der Waals surface area contributed by atoms with Gasteiger partial charge in [-0.1, -0.05) is 19.3 Å². The highest BCUT2D eigenvalue weighted by atomic mass is 16.3. The van der Waals surface area contributed by atoms with Gasteiger partial charge in [-0.25, -0.2) is 0 Å². The van der Waals surface area contributed by atoms with E-state index in [1.54, 1.807) is 0 Å². The van der Waals surface area contributed by atoms with Crippen LogP contribution in [0.15, 0.2) is 0 Å². The zero-order chi connectivity index (χ0) is 8.66. The van der Waals surface area contributed by atoms with Crippen molar-refractivity contribution in [1.29, 1.82) is 0 Å². The highest BCUT2D eigenvalue weighted by Crippen LogP contribution is 2.55. The third kappa shape index (κ3) is 1.27. The van der Waals surface area contributed by atoms with E-state index in [1.165, 1.54) is 32.1 Å². The molecule has 0 saturated heterocycles. The fraction of sp³-hybridized carbons (Fsp3) is 1.00. The minimum Gasteiger partial charge on any atom is -0.394 e. The molecule has 0 atom stereocenters. The second-order valence-electron chi connectivity index (χ2n) is 4.93. The van der Waals surface area contributed by atoms with Crippen LogP contribution in [0.1, 0.15) is 44.9 Å². The Morgan fingerprint density at radius 2 is 1.67 bits per heavy atom. The summed E-state index contributed by atoms with van der Waals surface area (Å²) in [7, 11) is 0. The summed E-state index contributed by atoms with van der Waals surface area (Å²) < 4.78 is 0. The maximum Gasteiger partial charge on any atom is 0.0611 e. The standard InChI is InChI=1S/C10H19NO/c11-10(8-12)6-9(7-10)4-2-1-3-5-9/h12H,1-8,11H2. The van der Waals surface area contributed by atoms with Gasteiger partial charge in [-0.05, 0) is 31.1 Å². The van der Waals surface area contributed by atoms with E-state index in [-0.39, 0.29) is 12.1 Å². The van der Waals surface area contributed by atoms with Crippen LogP contribution in [0, 0.1) is 5.41 Å². The minimum absolute atomic E-state index is 0.175. The molecule has 2 fully saturated rings. The Morgan fingerprint density at radius 3 is 2.17 bits per heavy atom. The molecule has 0 aromatic rings. The van der Waals surface area contributed by atoms with Gasteiger partial charge in [0.25, 0.3) is 0 Å². The van der Waals surface area contributed by atoms with Crippen molar-refractivity contribution in [2.45, 2.75) is 50.5 Å². The van der Waals surface area contributed by atoms with Crippen LogP contribution in [0.3, 0.4) is 0 Å². The van der Waals surface area contributed by atoms with Crippen molar-refractivity contribution >= 4 is 0 Å². The zero-order valence-electron chi connectivity index (χ0n) is 7.68. The summed E-state index contributed by atoms with van der Waals surface area (Å²) >= 11 is 0. The predicted molar refractivity (Wildman–Crippen MR) is 48.8 cm³/mol. The molecule has 1 spiro atoms. The number of nitrogens with two attached hydrogens (primary N) is 1. The lowest BCUT2D eigenvalue weighted by atomic mass is 9.53. The van der Waals surface area contributed by atoms with Gasteiger partial charge in [0.1, 0.15) is 0 Å². The van der Waals surface area contributed by atoms with E-state index in [2.05, 4.69) is 0 Å². The van der Waals surface area contributed by atoms with Crippen LogP contribution in [0.25, 0.3) is 0 Å². The van der Waals surface area contributed by atoms with E-state index >= 15 is 0 Å². The third-order valence-corrected chi connectivity index (χ3v) is 3.68. The molecule has 0 unspecified atom stereocenters. The van der Waals surface area contributed by atoms with E-state index in [1.807, 2.05) is 0 Å². The van der Waals surface area contributed by atoms with Crippen molar-refractivity contribution in [1.82, 2.24) is 0 Å². The highest BCUT2D eigenvalue weighted by Gasteiger charge is 2.51. The lowest BCUT2D eigenvalue weighted by Gasteiger charge is -2.55. The van der Waals surface area contributed by atoms with Crippen molar-refractivity contribution in [3.8, 4) is 0 Å². The third-order valence-electron chi connectivity index (χ3n) is 3.68. The fourth-order valence-electron chi connectivity index (χ4n) is 3.21. The van der Waals surface area contributed by atoms with Crippen molar-refractivity contribution in [3.05, 3.63) is 0 Å². The predicted octanol–water partition coefficient (Wildman–Crippen LogP) is 1.42. The summed E-state index contributed by atoms with van der Waals surface area (Å²) in [6, 6.07) is 0. The Labute approximate surface area is 74.1 Å². The summed E-state index contributed by atoms with van der Waals surface area (Å²) in [5, 5.41) is 9.03. The Hall–Kier alpha value is -0.0800. The second-order valence-corrected chi connectivity index (χ2v) is 4.93. The minimum atomic E-state index is -0.211. The molecule has 0 aromatic heterocycles. The maximum absolute atomic E-state index is 9.03. The van der Waals surface area contributed by atoms with Gasteiger partial charge in [-0.2, -0.15) is 0 Å². The molecular formula is C10H19NO. The first-order valence-electron chi connectivity index (χ1n) is 5.08. The van der Waals surface area contributed by atoms with E-state index < -0.39 is 0 Å². The van der Waals surface area contributed by atoms with Crippen LogP contribution >= 0.6 is 0 Å². The lowest BCUT2D eigenvalue weighted by Crippen LogP contribution is -2.60. The average Bonchev–Trinajstić information content (AvgIpc) is 2.04. The Bertz CT molecular complexity index is 165. The summed E-state index contributed by atoms with van der Waals surface area (Å²) in [6.07, 6.45) is 8.99. The van der Waals surface area contributed by atoms with Crippen LogP contribution in [0.5, 0.6) is 0 Å². The first kappa shape index (κ1) is 8.52. The highest BCUT2D eigenvalue weighted by molar-refractivity contribution is 5.07. The quantitative estimate of drug-likeness (QED) is 0.623. The smallest absolute Gasteiger partial charge is 0.0611 e. The first-order chi connectivity index (χ1) is 5.68. The molecule has 70 valence electrons. The number of aliphatic hydroxyl groups is 1. The molecule has 2 nitrogen and oxygen atoms in total. The van der Waals surface area contributed by atoms with E-state index in [9.17, 15) is 0 Å². The zero-order valence-corrected chi connectivity index (χ0v) is 7.68. The number of rotatable bonds is 1.